The molecule has 3 aromatic carbocycles. The normalized spacial score (nSPS) is 14.6. The number of pyridine rings is 1. The Morgan fingerprint density at radius 1 is 0.974 bits per heavy atom. The molecule has 2 atom stereocenters. The number of carbonyl (C=O) groups excluding carboxylic acids is 2. The van der Waals surface area contributed by atoms with E-state index >= 15 is 0 Å². The van der Waals surface area contributed by atoms with Crippen LogP contribution in [0.15, 0.2) is 84.0 Å². The Labute approximate surface area is 223 Å². The van der Waals surface area contributed by atoms with E-state index in [2.05, 4.69) is 15.3 Å². The molecule has 0 aliphatic carbocycles. The highest BCUT2D eigenvalue weighted by Gasteiger charge is 2.26. The van der Waals surface area contributed by atoms with E-state index < -0.39 is 23.6 Å². The molecular formula is C30H25F2N5O2. The van der Waals surface area contributed by atoms with Crippen molar-refractivity contribution in [2.24, 2.45) is 10.7 Å². The van der Waals surface area contributed by atoms with Gasteiger partial charge in [-0.2, -0.15) is 0 Å². The van der Waals surface area contributed by atoms with Gasteiger partial charge in [0, 0.05) is 47.6 Å². The number of hydrogen-bond donors (Lipinski definition) is 3. The minimum absolute atomic E-state index is 0.0717. The summed E-state index contributed by atoms with van der Waals surface area (Å²) in [5.41, 5.74) is 16.0. The van der Waals surface area contributed by atoms with Crippen molar-refractivity contribution in [2.45, 2.75) is 24.8 Å². The number of rotatable bonds is 8. The minimum Gasteiger partial charge on any atom is -0.399 e. The SMILES string of the molecule is NC(=O)c1cccc(-c2cccnc2[C@H](Cc2cc(F)cc(F)c2)NC(=O)CC2C=Nc3ccc(N)cc32)c1. The van der Waals surface area contributed by atoms with Gasteiger partial charge in [0.15, 0.2) is 0 Å². The third kappa shape index (κ3) is 5.82. The maximum absolute atomic E-state index is 14.0. The Balaban J connectivity index is 1.49. The first-order valence-electron chi connectivity index (χ1n) is 12.3. The van der Waals surface area contributed by atoms with Gasteiger partial charge in [-0.15, -0.1) is 0 Å². The number of nitrogens with zero attached hydrogens (tertiary/aromatic N) is 2. The molecule has 0 radical (unpaired) electrons. The topological polar surface area (TPSA) is 123 Å². The molecule has 0 fully saturated rings. The summed E-state index contributed by atoms with van der Waals surface area (Å²) in [5.74, 6) is -2.59. The number of primary amides is 1. The first kappa shape index (κ1) is 25.7. The summed E-state index contributed by atoms with van der Waals surface area (Å²) in [6, 6.07) is 18.1. The van der Waals surface area contributed by atoms with E-state index in [9.17, 15) is 18.4 Å². The average molecular weight is 526 g/mol. The van der Waals surface area contributed by atoms with Crippen LogP contribution in [0.2, 0.25) is 0 Å². The summed E-state index contributed by atoms with van der Waals surface area (Å²) >= 11 is 0. The van der Waals surface area contributed by atoms with Gasteiger partial charge in [0.2, 0.25) is 11.8 Å². The van der Waals surface area contributed by atoms with Gasteiger partial charge in [0.1, 0.15) is 11.6 Å². The van der Waals surface area contributed by atoms with Gasteiger partial charge in [0.05, 0.1) is 17.4 Å². The minimum atomic E-state index is -0.745. The number of halogens is 2. The molecule has 7 nitrogen and oxygen atoms in total. The molecule has 9 heteroatoms. The fourth-order valence-corrected chi connectivity index (χ4v) is 4.81. The largest absolute Gasteiger partial charge is 0.399 e. The van der Waals surface area contributed by atoms with Crippen molar-refractivity contribution in [3.05, 3.63) is 113 Å². The number of hydrogen-bond acceptors (Lipinski definition) is 5. The van der Waals surface area contributed by atoms with E-state index in [1.807, 2.05) is 0 Å². The van der Waals surface area contributed by atoms with E-state index in [1.165, 1.54) is 12.1 Å². The Morgan fingerprint density at radius 3 is 2.54 bits per heavy atom. The second-order valence-corrected chi connectivity index (χ2v) is 9.39. The van der Waals surface area contributed by atoms with Crippen molar-refractivity contribution in [1.29, 1.82) is 0 Å². The number of nitrogens with two attached hydrogens (primary N) is 2. The third-order valence-electron chi connectivity index (χ3n) is 6.57. The van der Waals surface area contributed by atoms with Gasteiger partial charge >= 0.3 is 0 Å². The molecule has 4 aromatic rings. The first-order chi connectivity index (χ1) is 18.8. The van der Waals surface area contributed by atoms with Crippen molar-refractivity contribution in [2.75, 3.05) is 5.73 Å². The van der Waals surface area contributed by atoms with Gasteiger partial charge in [-0.1, -0.05) is 18.2 Å². The van der Waals surface area contributed by atoms with Crippen LogP contribution in [-0.2, 0) is 11.2 Å². The van der Waals surface area contributed by atoms with Gasteiger partial charge in [-0.05, 0) is 71.6 Å². The molecule has 5 N–H and O–H groups in total. The van der Waals surface area contributed by atoms with Crippen LogP contribution < -0.4 is 16.8 Å². The summed E-state index contributed by atoms with van der Waals surface area (Å²) < 4.78 is 28.1. The molecule has 2 heterocycles. The van der Waals surface area contributed by atoms with Crippen molar-refractivity contribution < 1.29 is 18.4 Å². The summed E-state index contributed by atoms with van der Waals surface area (Å²) in [6.45, 7) is 0. The summed E-state index contributed by atoms with van der Waals surface area (Å²) in [4.78, 5) is 34.1. The van der Waals surface area contributed by atoms with Crippen LogP contribution in [-0.4, -0.2) is 23.0 Å². The first-order valence-corrected chi connectivity index (χ1v) is 12.3. The maximum Gasteiger partial charge on any atom is 0.248 e. The number of nitrogen functional groups attached to an aromatic ring is 1. The van der Waals surface area contributed by atoms with Crippen molar-refractivity contribution in [1.82, 2.24) is 10.3 Å². The van der Waals surface area contributed by atoms with Crippen LogP contribution in [0.3, 0.4) is 0 Å². The van der Waals surface area contributed by atoms with Crippen LogP contribution in [0.5, 0.6) is 0 Å². The Kier molecular flexibility index (Phi) is 7.14. The lowest BCUT2D eigenvalue weighted by atomic mass is 9.93. The number of fused-ring (bicyclic) bond motifs is 1. The van der Waals surface area contributed by atoms with Crippen LogP contribution in [0, 0.1) is 11.6 Å². The quantitative estimate of drug-likeness (QED) is 0.280. The maximum atomic E-state index is 14.0. The number of amides is 2. The monoisotopic (exact) mass is 525 g/mol. The highest BCUT2D eigenvalue weighted by molar-refractivity contribution is 5.94. The van der Waals surface area contributed by atoms with E-state index in [-0.39, 0.29) is 24.7 Å². The van der Waals surface area contributed by atoms with Crippen molar-refractivity contribution in [3.8, 4) is 11.1 Å². The number of carbonyl (C=O) groups is 2. The Morgan fingerprint density at radius 2 is 1.77 bits per heavy atom. The van der Waals surface area contributed by atoms with Crippen LogP contribution in [0.4, 0.5) is 20.2 Å². The molecule has 1 aliphatic rings. The molecule has 1 unspecified atom stereocenters. The van der Waals surface area contributed by atoms with Gasteiger partial charge in [0.25, 0.3) is 0 Å². The molecule has 0 bridgehead atoms. The second-order valence-electron chi connectivity index (χ2n) is 9.39. The van der Waals surface area contributed by atoms with E-state index in [4.69, 9.17) is 11.5 Å². The van der Waals surface area contributed by atoms with E-state index in [0.717, 1.165) is 17.3 Å². The molecule has 39 heavy (non-hydrogen) atoms. The highest BCUT2D eigenvalue weighted by Crippen LogP contribution is 2.36. The average Bonchev–Trinajstić information content (AvgIpc) is 3.29. The lowest BCUT2D eigenvalue weighted by Gasteiger charge is -2.22. The second kappa shape index (κ2) is 10.8. The predicted molar refractivity (Wildman–Crippen MR) is 146 cm³/mol. The smallest absolute Gasteiger partial charge is 0.248 e. The fraction of sp³-hybridized carbons (Fsp3) is 0.133. The van der Waals surface area contributed by atoms with Gasteiger partial charge in [-0.25, -0.2) is 8.78 Å². The Hall–Kier alpha value is -4.92. The third-order valence-corrected chi connectivity index (χ3v) is 6.57. The van der Waals surface area contributed by atoms with Crippen LogP contribution in [0.25, 0.3) is 11.1 Å². The molecule has 2 amide bonds. The summed E-state index contributed by atoms with van der Waals surface area (Å²) in [5, 5.41) is 3.01. The summed E-state index contributed by atoms with van der Waals surface area (Å²) in [6.07, 6.45) is 3.45. The number of aromatic nitrogens is 1. The highest BCUT2D eigenvalue weighted by atomic mass is 19.1. The standard InChI is InChI=1S/C30H25F2N5O2/c31-21-9-17(10-22(32)14-21)11-27(37-28(38)13-20-16-36-26-7-6-23(33)15-25(20)26)29-24(5-2-8-35-29)18-3-1-4-19(12-18)30(34)39/h1-10,12,14-16,20,27H,11,13,33H2,(H2,34,39)(H,37,38)/t20?,27-/m0/s1. The molecule has 0 saturated heterocycles. The van der Waals surface area contributed by atoms with Crippen molar-refractivity contribution in [3.63, 3.8) is 0 Å². The molecule has 1 aromatic heterocycles. The van der Waals surface area contributed by atoms with Gasteiger partial charge in [-0.3, -0.25) is 19.6 Å². The molecule has 0 spiro atoms. The lowest BCUT2D eigenvalue weighted by molar-refractivity contribution is -0.121. The number of anilines is 1. The fourth-order valence-electron chi connectivity index (χ4n) is 4.81. The molecule has 1 aliphatic heterocycles. The predicted octanol–water partition coefficient (Wildman–Crippen LogP) is 5.00. The van der Waals surface area contributed by atoms with Crippen LogP contribution in [0.1, 0.15) is 45.6 Å². The van der Waals surface area contributed by atoms with E-state index in [1.54, 1.807) is 67.0 Å². The zero-order valence-electron chi connectivity index (χ0n) is 20.8. The zero-order chi connectivity index (χ0) is 27.5. The summed E-state index contributed by atoms with van der Waals surface area (Å²) in [7, 11) is 0. The van der Waals surface area contributed by atoms with Gasteiger partial charge < -0.3 is 16.8 Å². The van der Waals surface area contributed by atoms with E-state index in [0.29, 0.717) is 33.6 Å². The lowest BCUT2D eigenvalue weighted by Crippen LogP contribution is -2.32. The Bertz CT molecular complexity index is 1580. The molecule has 0 saturated carbocycles. The van der Waals surface area contributed by atoms with Crippen LogP contribution >= 0.6 is 0 Å². The van der Waals surface area contributed by atoms with Crippen molar-refractivity contribution >= 4 is 29.4 Å². The number of nitrogens with one attached hydrogen (secondary N) is 1. The molecule has 196 valence electrons. The zero-order valence-corrected chi connectivity index (χ0v) is 20.8. The molecule has 5 rings (SSSR count). The molecular weight excluding hydrogens is 500 g/mol. The number of benzene rings is 3. The number of aliphatic imine (C=N–C) groups is 1.